The van der Waals surface area contributed by atoms with Gasteiger partial charge in [-0.2, -0.15) is 0 Å². The summed E-state index contributed by atoms with van der Waals surface area (Å²) in [7, 11) is 0. The molecule has 4 nitrogen and oxygen atoms in total. The molecule has 6 heteroatoms. The summed E-state index contributed by atoms with van der Waals surface area (Å²) in [6.07, 6.45) is 0. The quantitative estimate of drug-likeness (QED) is 0.899. The van der Waals surface area contributed by atoms with Gasteiger partial charge in [-0.25, -0.2) is 0 Å². The van der Waals surface area contributed by atoms with Crippen LogP contribution in [-0.4, -0.2) is 31.7 Å². The number of carbonyl (C=O) groups is 1. The average Bonchev–Trinajstić information content (AvgIpc) is 2.83. The fourth-order valence-electron chi connectivity index (χ4n) is 2.08. The van der Waals surface area contributed by atoms with Crippen LogP contribution < -0.4 is 10.6 Å². The fourth-order valence-corrected chi connectivity index (χ4v) is 2.38. The molecule has 1 aromatic rings. The molecule has 2 atom stereocenters. The van der Waals surface area contributed by atoms with Gasteiger partial charge in [-0.1, -0.05) is 30.1 Å². The molecule has 0 aliphatic carbocycles. The molecule has 1 aliphatic rings. The minimum Gasteiger partial charge on any atom is -0.379 e. The average molecular weight is 303 g/mol. The first-order valence-electron chi connectivity index (χ1n) is 6.19. The van der Waals surface area contributed by atoms with Crippen molar-refractivity contribution in [2.75, 3.05) is 25.1 Å². The number of hydrogen-bond acceptors (Lipinski definition) is 3. The molecule has 0 bridgehead atoms. The Kier molecular flexibility index (Phi) is 5.05. The summed E-state index contributed by atoms with van der Waals surface area (Å²) in [5.41, 5.74) is 0.640. The molecule has 1 amide bonds. The highest BCUT2D eigenvalue weighted by atomic mass is 35.5. The molecule has 0 aromatic heterocycles. The molecule has 1 aliphatic heterocycles. The van der Waals surface area contributed by atoms with Crippen LogP contribution in [0, 0.1) is 5.92 Å². The van der Waals surface area contributed by atoms with Crippen molar-refractivity contribution in [1.29, 1.82) is 0 Å². The minimum absolute atomic E-state index is 0.0628. The maximum Gasteiger partial charge on any atom is 0.231 e. The van der Waals surface area contributed by atoms with E-state index >= 15 is 0 Å². The number of benzene rings is 1. The highest BCUT2D eigenvalue weighted by molar-refractivity contribution is 6.42. The van der Waals surface area contributed by atoms with E-state index < -0.39 is 0 Å². The molecule has 1 fully saturated rings. The summed E-state index contributed by atoms with van der Waals surface area (Å²) in [4.78, 5) is 12.2. The number of amides is 1. The maximum atomic E-state index is 12.2. The zero-order valence-electron chi connectivity index (χ0n) is 10.6. The van der Waals surface area contributed by atoms with E-state index in [1.54, 1.807) is 18.2 Å². The number of nitrogens with one attached hydrogen (secondary N) is 2. The number of rotatable bonds is 4. The monoisotopic (exact) mass is 302 g/mol. The molecule has 2 rings (SSSR count). The van der Waals surface area contributed by atoms with E-state index in [9.17, 15) is 4.79 Å². The Morgan fingerprint density at radius 3 is 2.84 bits per heavy atom. The van der Waals surface area contributed by atoms with Crippen LogP contribution in [-0.2, 0) is 9.53 Å². The van der Waals surface area contributed by atoms with Gasteiger partial charge in [-0.3, -0.25) is 4.79 Å². The van der Waals surface area contributed by atoms with Crippen molar-refractivity contribution in [3.63, 3.8) is 0 Å². The molecular weight excluding hydrogens is 287 g/mol. The van der Waals surface area contributed by atoms with Crippen molar-refractivity contribution in [1.82, 2.24) is 5.32 Å². The van der Waals surface area contributed by atoms with Crippen molar-refractivity contribution in [2.24, 2.45) is 5.92 Å². The predicted molar refractivity (Wildman–Crippen MR) is 76.9 cm³/mol. The summed E-state index contributed by atoms with van der Waals surface area (Å²) in [5, 5.41) is 6.98. The molecule has 1 aromatic carbocycles. The third-order valence-electron chi connectivity index (χ3n) is 3.07. The third-order valence-corrected chi connectivity index (χ3v) is 3.81. The lowest BCUT2D eigenvalue weighted by atomic mass is 10.0. The fraction of sp³-hybridized carbons (Fsp3) is 0.462. The topological polar surface area (TPSA) is 50.4 Å². The zero-order chi connectivity index (χ0) is 13.8. The largest absolute Gasteiger partial charge is 0.379 e. The molecule has 2 unspecified atom stereocenters. The molecule has 0 radical (unpaired) electrons. The Bertz CT molecular complexity index is 468. The lowest BCUT2D eigenvalue weighted by Gasteiger charge is -2.17. The van der Waals surface area contributed by atoms with Crippen LogP contribution in [0.15, 0.2) is 18.2 Å². The van der Waals surface area contributed by atoms with Gasteiger partial charge in [0.15, 0.2) is 0 Å². The Morgan fingerprint density at radius 1 is 1.37 bits per heavy atom. The SMILES string of the molecule is CCNC1COCC1C(=O)Nc1ccc(Cl)c(Cl)c1. The Labute approximate surface area is 122 Å². The summed E-state index contributed by atoms with van der Waals surface area (Å²) in [5.74, 6) is -0.253. The summed E-state index contributed by atoms with van der Waals surface area (Å²) < 4.78 is 5.35. The summed E-state index contributed by atoms with van der Waals surface area (Å²) >= 11 is 11.7. The molecular formula is C13H16Cl2N2O2. The maximum absolute atomic E-state index is 12.2. The predicted octanol–water partition coefficient (Wildman–Crippen LogP) is 2.56. The normalized spacial score (nSPS) is 22.5. The number of anilines is 1. The summed E-state index contributed by atoms with van der Waals surface area (Å²) in [6.45, 7) is 3.81. The van der Waals surface area contributed by atoms with Crippen molar-refractivity contribution < 1.29 is 9.53 Å². The molecule has 19 heavy (non-hydrogen) atoms. The number of ether oxygens (including phenoxy) is 1. The first kappa shape index (κ1) is 14.6. The Hall–Kier alpha value is -0.810. The molecule has 1 saturated heterocycles. The van der Waals surface area contributed by atoms with Gasteiger partial charge in [0.25, 0.3) is 0 Å². The van der Waals surface area contributed by atoms with Gasteiger partial charge in [-0.15, -0.1) is 0 Å². The standard InChI is InChI=1S/C13H16Cl2N2O2/c1-2-16-12-7-19-6-9(12)13(18)17-8-3-4-10(14)11(15)5-8/h3-5,9,12,16H,2,6-7H2,1H3,(H,17,18). The highest BCUT2D eigenvalue weighted by Gasteiger charge is 2.33. The van der Waals surface area contributed by atoms with Gasteiger partial charge < -0.3 is 15.4 Å². The van der Waals surface area contributed by atoms with Gasteiger partial charge in [0.05, 0.1) is 29.2 Å². The molecule has 2 N–H and O–H groups in total. The smallest absolute Gasteiger partial charge is 0.231 e. The lowest BCUT2D eigenvalue weighted by Crippen LogP contribution is -2.41. The second-order valence-corrected chi connectivity index (χ2v) is 5.24. The van der Waals surface area contributed by atoms with Crippen molar-refractivity contribution in [3.8, 4) is 0 Å². The molecule has 0 spiro atoms. The zero-order valence-corrected chi connectivity index (χ0v) is 12.1. The number of carbonyl (C=O) groups excluding carboxylic acids is 1. The number of halogens is 2. The van der Waals surface area contributed by atoms with Crippen LogP contribution in [0.1, 0.15) is 6.92 Å². The summed E-state index contributed by atoms with van der Waals surface area (Å²) in [6, 6.07) is 5.09. The van der Waals surface area contributed by atoms with E-state index in [-0.39, 0.29) is 17.9 Å². The van der Waals surface area contributed by atoms with Gasteiger partial charge in [0.2, 0.25) is 5.91 Å². The van der Waals surface area contributed by atoms with Crippen LogP contribution in [0.5, 0.6) is 0 Å². The van der Waals surface area contributed by atoms with E-state index in [1.165, 1.54) is 0 Å². The van der Waals surface area contributed by atoms with Gasteiger partial charge in [0.1, 0.15) is 0 Å². The van der Waals surface area contributed by atoms with Crippen LogP contribution >= 0.6 is 23.2 Å². The van der Waals surface area contributed by atoms with Crippen LogP contribution in [0.25, 0.3) is 0 Å². The molecule has 104 valence electrons. The van der Waals surface area contributed by atoms with Gasteiger partial charge in [0, 0.05) is 11.7 Å². The van der Waals surface area contributed by atoms with Crippen LogP contribution in [0.3, 0.4) is 0 Å². The van der Waals surface area contributed by atoms with E-state index in [0.717, 1.165) is 6.54 Å². The Balaban J connectivity index is 2.02. The Morgan fingerprint density at radius 2 is 2.16 bits per heavy atom. The third kappa shape index (κ3) is 3.60. The number of likely N-dealkylation sites (N-methyl/N-ethyl adjacent to an activating group) is 1. The van der Waals surface area contributed by atoms with Crippen molar-refractivity contribution >= 4 is 34.8 Å². The first-order valence-corrected chi connectivity index (χ1v) is 6.94. The highest BCUT2D eigenvalue weighted by Crippen LogP contribution is 2.25. The lowest BCUT2D eigenvalue weighted by molar-refractivity contribution is -0.120. The van der Waals surface area contributed by atoms with Crippen molar-refractivity contribution in [3.05, 3.63) is 28.2 Å². The first-order chi connectivity index (χ1) is 9.11. The van der Waals surface area contributed by atoms with Crippen LogP contribution in [0.4, 0.5) is 5.69 Å². The van der Waals surface area contributed by atoms with E-state index in [0.29, 0.717) is 28.9 Å². The van der Waals surface area contributed by atoms with Crippen molar-refractivity contribution in [2.45, 2.75) is 13.0 Å². The van der Waals surface area contributed by atoms with E-state index in [4.69, 9.17) is 27.9 Å². The van der Waals surface area contributed by atoms with E-state index in [1.807, 2.05) is 6.92 Å². The molecule has 0 saturated carbocycles. The van der Waals surface area contributed by atoms with Crippen LogP contribution in [0.2, 0.25) is 10.0 Å². The minimum atomic E-state index is -0.186. The second kappa shape index (κ2) is 6.57. The number of hydrogen-bond donors (Lipinski definition) is 2. The van der Waals surface area contributed by atoms with E-state index in [2.05, 4.69) is 10.6 Å². The van der Waals surface area contributed by atoms with Gasteiger partial charge in [-0.05, 0) is 24.7 Å². The molecule has 1 heterocycles. The second-order valence-electron chi connectivity index (χ2n) is 4.43. The van der Waals surface area contributed by atoms with Gasteiger partial charge >= 0.3 is 0 Å².